The molecule has 0 N–H and O–H groups in total. The summed E-state index contributed by atoms with van der Waals surface area (Å²) in [5, 5.41) is 4.67. The van der Waals surface area contributed by atoms with Gasteiger partial charge in [0.1, 0.15) is 23.6 Å². The summed E-state index contributed by atoms with van der Waals surface area (Å²) < 4.78 is 52.6. The standard InChI is InChI=1S/C29H34N6O5S2/c1-33-25(11-13-31-33)26-6-4-5-14-34(26)24-12-15-40-28-17-22(9-10-23(24)28)42(36,37)35(29-30-19-32-41-29)18-20-7-8-21(38-2)16-27(20)39-3/h7-11,13,16-17,19,24,26H,4-6,12,14-15,18H2,1-3H3. The number of anilines is 1. The predicted molar refractivity (Wildman–Crippen MR) is 159 cm³/mol. The van der Waals surface area contributed by atoms with Crippen LogP contribution in [0.5, 0.6) is 17.2 Å². The van der Waals surface area contributed by atoms with Crippen molar-refractivity contribution in [3.8, 4) is 17.2 Å². The summed E-state index contributed by atoms with van der Waals surface area (Å²) in [4.78, 5) is 6.91. The van der Waals surface area contributed by atoms with Crippen LogP contribution in [-0.2, 0) is 23.6 Å². The molecule has 0 saturated carbocycles. The number of ether oxygens (including phenoxy) is 3. The first-order valence-electron chi connectivity index (χ1n) is 13.9. The van der Waals surface area contributed by atoms with Gasteiger partial charge in [-0.15, -0.1) is 0 Å². The van der Waals surface area contributed by atoms with Gasteiger partial charge in [-0.05, 0) is 43.7 Å². The predicted octanol–water partition coefficient (Wildman–Crippen LogP) is 4.74. The number of methoxy groups -OCH3 is 2. The maximum absolute atomic E-state index is 14.2. The minimum atomic E-state index is -4.04. The zero-order valence-corrected chi connectivity index (χ0v) is 25.5. The Morgan fingerprint density at radius 2 is 1.95 bits per heavy atom. The quantitative estimate of drug-likeness (QED) is 0.265. The minimum Gasteiger partial charge on any atom is -0.497 e. The van der Waals surface area contributed by atoms with Gasteiger partial charge in [-0.1, -0.05) is 12.5 Å². The molecule has 11 nitrogen and oxygen atoms in total. The summed E-state index contributed by atoms with van der Waals surface area (Å²) in [7, 11) is 1.06. The van der Waals surface area contributed by atoms with E-state index in [4.69, 9.17) is 14.2 Å². The van der Waals surface area contributed by atoms with Crippen LogP contribution in [-0.4, -0.2) is 59.8 Å². The van der Waals surface area contributed by atoms with E-state index in [9.17, 15) is 8.42 Å². The first kappa shape index (κ1) is 28.4. The highest BCUT2D eigenvalue weighted by Crippen LogP contribution is 2.44. The molecular formula is C29H34N6O5S2. The number of aryl methyl sites for hydroxylation is 1. The molecular weight excluding hydrogens is 576 g/mol. The number of fused-ring (bicyclic) bond motifs is 1. The molecule has 4 heterocycles. The van der Waals surface area contributed by atoms with Crippen LogP contribution in [0.4, 0.5) is 5.13 Å². The SMILES string of the molecule is COc1ccc(CN(c2ncns2)S(=O)(=O)c2ccc3c(c2)OCCC3N2CCCCC2c2ccnn2C)c(OC)c1. The van der Waals surface area contributed by atoms with Gasteiger partial charge in [0.25, 0.3) is 10.0 Å². The van der Waals surface area contributed by atoms with E-state index in [0.29, 0.717) is 29.4 Å². The molecule has 4 aromatic rings. The van der Waals surface area contributed by atoms with Crippen LogP contribution in [0.25, 0.3) is 0 Å². The lowest BCUT2D eigenvalue weighted by Gasteiger charge is -2.43. The number of piperidine rings is 1. The molecule has 222 valence electrons. The number of rotatable bonds is 9. The number of aromatic nitrogens is 4. The molecule has 0 spiro atoms. The molecule has 0 bridgehead atoms. The fourth-order valence-corrected chi connectivity index (χ4v) is 8.15. The van der Waals surface area contributed by atoms with Crippen LogP contribution in [0.3, 0.4) is 0 Å². The third kappa shape index (κ3) is 5.32. The van der Waals surface area contributed by atoms with Gasteiger partial charge in [-0.2, -0.15) is 9.47 Å². The molecule has 0 radical (unpaired) electrons. The molecule has 2 aliphatic heterocycles. The second-order valence-electron chi connectivity index (χ2n) is 10.4. The number of sulfonamides is 1. The molecule has 0 aliphatic carbocycles. The molecule has 42 heavy (non-hydrogen) atoms. The highest BCUT2D eigenvalue weighted by molar-refractivity contribution is 7.93. The number of nitrogens with zero attached hydrogens (tertiary/aromatic N) is 6. The Kier molecular flexibility index (Phi) is 8.06. The molecule has 2 atom stereocenters. The van der Waals surface area contributed by atoms with E-state index < -0.39 is 10.0 Å². The van der Waals surface area contributed by atoms with Crippen molar-refractivity contribution in [1.82, 2.24) is 24.0 Å². The van der Waals surface area contributed by atoms with E-state index in [1.807, 2.05) is 24.0 Å². The number of hydrogen-bond acceptors (Lipinski definition) is 10. The Hall–Kier alpha value is -3.68. The fourth-order valence-electron chi connectivity index (χ4n) is 6.01. The van der Waals surface area contributed by atoms with Crippen molar-refractivity contribution in [2.24, 2.45) is 7.05 Å². The monoisotopic (exact) mass is 610 g/mol. The van der Waals surface area contributed by atoms with Crippen molar-refractivity contribution < 1.29 is 22.6 Å². The second kappa shape index (κ2) is 11.9. The normalized spacial score (nSPS) is 19.1. The Morgan fingerprint density at radius 3 is 2.69 bits per heavy atom. The van der Waals surface area contributed by atoms with Crippen LogP contribution < -0.4 is 18.5 Å². The zero-order chi connectivity index (χ0) is 29.3. The molecule has 1 fully saturated rings. The van der Waals surface area contributed by atoms with Gasteiger partial charge < -0.3 is 14.2 Å². The molecule has 13 heteroatoms. The maximum Gasteiger partial charge on any atom is 0.266 e. The van der Waals surface area contributed by atoms with Gasteiger partial charge >= 0.3 is 0 Å². The van der Waals surface area contributed by atoms with Crippen molar-refractivity contribution in [3.63, 3.8) is 0 Å². The Bertz CT molecular complexity index is 1640. The molecule has 2 unspecified atom stereocenters. The number of benzene rings is 2. The second-order valence-corrected chi connectivity index (χ2v) is 13.0. The van der Waals surface area contributed by atoms with E-state index in [1.54, 1.807) is 44.6 Å². The van der Waals surface area contributed by atoms with E-state index in [2.05, 4.69) is 25.4 Å². The molecule has 0 amide bonds. The largest absolute Gasteiger partial charge is 0.497 e. The third-order valence-corrected chi connectivity index (χ3v) is 10.6. The molecule has 2 aromatic heterocycles. The van der Waals surface area contributed by atoms with Crippen molar-refractivity contribution in [2.45, 2.75) is 49.2 Å². The van der Waals surface area contributed by atoms with Gasteiger partial charge in [-0.25, -0.2) is 17.7 Å². The third-order valence-electron chi connectivity index (χ3n) is 8.10. The highest BCUT2D eigenvalue weighted by Gasteiger charge is 2.36. The molecule has 1 saturated heterocycles. The van der Waals surface area contributed by atoms with Crippen molar-refractivity contribution in [1.29, 1.82) is 0 Å². The smallest absolute Gasteiger partial charge is 0.266 e. The summed E-state index contributed by atoms with van der Waals surface area (Å²) >= 11 is 1.02. The number of likely N-dealkylation sites (tertiary alicyclic amines) is 1. The Labute approximate surface area is 249 Å². The molecule has 6 rings (SSSR count). The number of hydrogen-bond donors (Lipinski definition) is 0. The first-order valence-corrected chi connectivity index (χ1v) is 16.1. The molecule has 2 aliphatic rings. The van der Waals surface area contributed by atoms with Crippen molar-refractivity contribution in [2.75, 3.05) is 31.7 Å². The van der Waals surface area contributed by atoms with Crippen LogP contribution >= 0.6 is 11.5 Å². The Morgan fingerprint density at radius 1 is 1.07 bits per heavy atom. The van der Waals surface area contributed by atoms with Crippen LogP contribution in [0.2, 0.25) is 0 Å². The van der Waals surface area contributed by atoms with Gasteiger partial charge in [0, 0.05) is 60.5 Å². The van der Waals surface area contributed by atoms with Crippen molar-refractivity contribution >= 4 is 26.7 Å². The summed E-state index contributed by atoms with van der Waals surface area (Å²) in [6.07, 6.45) is 7.39. The van der Waals surface area contributed by atoms with Gasteiger partial charge in [0.2, 0.25) is 5.13 Å². The lowest BCUT2D eigenvalue weighted by Crippen LogP contribution is -2.39. The average molecular weight is 611 g/mol. The summed E-state index contributed by atoms with van der Waals surface area (Å²) in [6, 6.07) is 13.0. The van der Waals surface area contributed by atoms with E-state index in [0.717, 1.165) is 42.9 Å². The topological polar surface area (TPSA) is 112 Å². The lowest BCUT2D eigenvalue weighted by molar-refractivity contribution is 0.0629. The fraction of sp³-hybridized carbons (Fsp3) is 0.414. The van der Waals surface area contributed by atoms with Crippen LogP contribution in [0, 0.1) is 0 Å². The average Bonchev–Trinajstić information content (AvgIpc) is 3.71. The summed E-state index contributed by atoms with van der Waals surface area (Å²) in [6.45, 7) is 1.48. The van der Waals surface area contributed by atoms with E-state index in [1.165, 1.54) is 22.7 Å². The first-order chi connectivity index (χ1) is 20.4. The summed E-state index contributed by atoms with van der Waals surface area (Å²) in [5.41, 5.74) is 2.87. The van der Waals surface area contributed by atoms with Crippen LogP contribution in [0.15, 0.2) is 59.9 Å². The zero-order valence-electron chi connectivity index (χ0n) is 23.8. The van der Waals surface area contributed by atoms with Crippen LogP contribution in [0.1, 0.15) is 54.6 Å². The van der Waals surface area contributed by atoms with Gasteiger partial charge in [0.15, 0.2) is 0 Å². The lowest BCUT2D eigenvalue weighted by atomic mass is 9.91. The van der Waals surface area contributed by atoms with E-state index in [-0.39, 0.29) is 28.7 Å². The minimum absolute atomic E-state index is 0.00538. The van der Waals surface area contributed by atoms with E-state index >= 15 is 0 Å². The van der Waals surface area contributed by atoms with Crippen molar-refractivity contribution in [3.05, 3.63) is 71.8 Å². The Balaban J connectivity index is 1.34. The van der Waals surface area contributed by atoms with Gasteiger partial charge in [-0.3, -0.25) is 9.58 Å². The maximum atomic E-state index is 14.2. The molecule has 2 aromatic carbocycles. The highest BCUT2D eigenvalue weighted by atomic mass is 32.2. The van der Waals surface area contributed by atoms with Gasteiger partial charge in [0.05, 0.1) is 44.0 Å². The summed E-state index contributed by atoms with van der Waals surface area (Å²) in [5.74, 6) is 1.72.